The summed E-state index contributed by atoms with van der Waals surface area (Å²) in [5, 5.41) is 0. The number of ether oxygens (including phenoxy) is 1. The van der Waals surface area contributed by atoms with Crippen LogP contribution in [0.1, 0.15) is 10.4 Å². The van der Waals surface area contributed by atoms with Crippen molar-refractivity contribution in [3.8, 4) is 5.75 Å². The molecule has 8 heteroatoms. The first-order valence-electron chi connectivity index (χ1n) is 4.76. The van der Waals surface area contributed by atoms with E-state index in [1.165, 1.54) is 25.3 Å². The molecule has 1 rings (SSSR count). The SMILES string of the molecule is COc1cc(N)ccc1C(=O)NOCC(F)(F)F. The summed E-state index contributed by atoms with van der Waals surface area (Å²) in [5.41, 5.74) is 7.52. The van der Waals surface area contributed by atoms with Gasteiger partial charge in [0.2, 0.25) is 0 Å². The number of nitrogen functional groups attached to an aromatic ring is 1. The Kier molecular flexibility index (Phi) is 4.38. The van der Waals surface area contributed by atoms with Crippen LogP contribution in [0.25, 0.3) is 0 Å². The number of nitrogens with two attached hydrogens (primary N) is 1. The number of alkyl halides is 3. The van der Waals surface area contributed by atoms with Crippen molar-refractivity contribution in [2.45, 2.75) is 6.18 Å². The summed E-state index contributed by atoms with van der Waals surface area (Å²) >= 11 is 0. The second kappa shape index (κ2) is 5.58. The predicted molar refractivity (Wildman–Crippen MR) is 56.9 cm³/mol. The Morgan fingerprint density at radius 2 is 2.11 bits per heavy atom. The van der Waals surface area contributed by atoms with Gasteiger partial charge in [-0.15, -0.1) is 0 Å². The second-order valence-corrected chi connectivity index (χ2v) is 3.29. The number of hydrogen-bond acceptors (Lipinski definition) is 4. The monoisotopic (exact) mass is 264 g/mol. The zero-order chi connectivity index (χ0) is 13.8. The van der Waals surface area contributed by atoms with Crippen molar-refractivity contribution in [2.75, 3.05) is 19.5 Å². The van der Waals surface area contributed by atoms with Gasteiger partial charge in [0.15, 0.2) is 6.61 Å². The third kappa shape index (κ3) is 4.13. The van der Waals surface area contributed by atoms with Crippen molar-refractivity contribution in [3.05, 3.63) is 23.8 Å². The van der Waals surface area contributed by atoms with Crippen LogP contribution in [-0.4, -0.2) is 25.8 Å². The number of amides is 1. The number of benzene rings is 1. The lowest BCUT2D eigenvalue weighted by Gasteiger charge is -2.11. The highest BCUT2D eigenvalue weighted by Crippen LogP contribution is 2.21. The van der Waals surface area contributed by atoms with Gasteiger partial charge >= 0.3 is 6.18 Å². The van der Waals surface area contributed by atoms with E-state index in [0.717, 1.165) is 0 Å². The largest absolute Gasteiger partial charge is 0.496 e. The summed E-state index contributed by atoms with van der Waals surface area (Å²) in [5.74, 6) is -0.709. The van der Waals surface area contributed by atoms with E-state index in [9.17, 15) is 18.0 Å². The average molecular weight is 264 g/mol. The van der Waals surface area contributed by atoms with Crippen molar-refractivity contribution in [1.82, 2.24) is 5.48 Å². The first-order chi connectivity index (χ1) is 8.33. The van der Waals surface area contributed by atoms with E-state index in [1.54, 1.807) is 5.48 Å². The Labute approximate surface area is 101 Å². The molecule has 18 heavy (non-hydrogen) atoms. The van der Waals surface area contributed by atoms with Crippen LogP contribution in [0.15, 0.2) is 18.2 Å². The van der Waals surface area contributed by atoms with Gasteiger partial charge in [0.25, 0.3) is 5.91 Å². The second-order valence-electron chi connectivity index (χ2n) is 3.29. The average Bonchev–Trinajstić information content (AvgIpc) is 2.26. The van der Waals surface area contributed by atoms with Crippen molar-refractivity contribution in [1.29, 1.82) is 0 Å². The molecular formula is C10H11F3N2O3. The normalized spacial score (nSPS) is 11.1. The van der Waals surface area contributed by atoms with Crippen molar-refractivity contribution >= 4 is 11.6 Å². The third-order valence-electron chi connectivity index (χ3n) is 1.87. The van der Waals surface area contributed by atoms with Gasteiger partial charge in [-0.2, -0.15) is 13.2 Å². The molecule has 0 unspecified atom stereocenters. The van der Waals surface area contributed by atoms with Crippen molar-refractivity contribution < 1.29 is 27.5 Å². The zero-order valence-corrected chi connectivity index (χ0v) is 9.38. The molecule has 1 aromatic rings. The summed E-state index contributed by atoms with van der Waals surface area (Å²) in [7, 11) is 1.31. The van der Waals surface area contributed by atoms with Crippen molar-refractivity contribution in [2.24, 2.45) is 0 Å². The van der Waals surface area contributed by atoms with E-state index in [4.69, 9.17) is 10.5 Å². The first kappa shape index (κ1) is 14.1. The zero-order valence-electron chi connectivity index (χ0n) is 9.38. The number of rotatable bonds is 4. The fourth-order valence-corrected chi connectivity index (χ4v) is 1.13. The Morgan fingerprint density at radius 1 is 1.44 bits per heavy atom. The van der Waals surface area contributed by atoms with E-state index < -0.39 is 18.7 Å². The molecule has 0 saturated carbocycles. The van der Waals surface area contributed by atoms with Gasteiger partial charge in [-0.25, -0.2) is 5.48 Å². The minimum atomic E-state index is -4.52. The molecule has 5 nitrogen and oxygen atoms in total. The van der Waals surface area contributed by atoms with Crippen LogP contribution in [0.3, 0.4) is 0 Å². The molecule has 1 amide bonds. The molecule has 0 spiro atoms. The van der Waals surface area contributed by atoms with Gasteiger partial charge in [-0.1, -0.05) is 0 Å². The van der Waals surface area contributed by atoms with E-state index in [-0.39, 0.29) is 11.3 Å². The highest BCUT2D eigenvalue weighted by molar-refractivity contribution is 5.96. The maximum atomic E-state index is 11.8. The van der Waals surface area contributed by atoms with Gasteiger partial charge in [0, 0.05) is 11.8 Å². The molecule has 0 aliphatic rings. The quantitative estimate of drug-likeness (QED) is 0.638. The van der Waals surface area contributed by atoms with E-state index in [0.29, 0.717) is 5.69 Å². The summed E-state index contributed by atoms with van der Waals surface area (Å²) in [6, 6.07) is 4.11. The number of carbonyl (C=O) groups excluding carboxylic acids is 1. The minimum absolute atomic E-state index is 0.0221. The number of nitrogens with one attached hydrogen (secondary N) is 1. The third-order valence-corrected chi connectivity index (χ3v) is 1.87. The Bertz CT molecular complexity index is 435. The summed E-state index contributed by atoms with van der Waals surface area (Å²) in [6.45, 7) is -1.57. The molecule has 0 aromatic heterocycles. The highest BCUT2D eigenvalue weighted by Gasteiger charge is 2.28. The fraction of sp³-hybridized carbons (Fsp3) is 0.300. The van der Waals surface area contributed by atoms with Crippen LogP contribution in [0.5, 0.6) is 5.75 Å². The van der Waals surface area contributed by atoms with Crippen LogP contribution < -0.4 is 16.0 Å². The van der Waals surface area contributed by atoms with Gasteiger partial charge in [0.05, 0.1) is 12.7 Å². The van der Waals surface area contributed by atoms with Crippen LogP contribution >= 0.6 is 0 Å². The molecule has 0 fully saturated rings. The maximum Gasteiger partial charge on any atom is 0.414 e. The lowest BCUT2D eigenvalue weighted by atomic mass is 10.2. The van der Waals surface area contributed by atoms with E-state index in [2.05, 4.69) is 4.84 Å². The molecule has 0 aliphatic carbocycles. The van der Waals surface area contributed by atoms with E-state index >= 15 is 0 Å². The molecule has 0 radical (unpaired) electrons. The van der Waals surface area contributed by atoms with Gasteiger partial charge in [-0.3, -0.25) is 9.63 Å². The number of anilines is 1. The number of hydroxylamine groups is 1. The minimum Gasteiger partial charge on any atom is -0.496 e. The lowest BCUT2D eigenvalue weighted by molar-refractivity contribution is -0.184. The summed E-state index contributed by atoms with van der Waals surface area (Å²) < 4.78 is 40.2. The summed E-state index contributed by atoms with van der Waals surface area (Å²) in [6.07, 6.45) is -4.52. The maximum absolute atomic E-state index is 11.8. The Morgan fingerprint density at radius 3 is 2.67 bits per heavy atom. The van der Waals surface area contributed by atoms with Crippen LogP contribution in [-0.2, 0) is 4.84 Å². The number of methoxy groups -OCH3 is 1. The molecule has 100 valence electrons. The molecule has 3 N–H and O–H groups in total. The van der Waals surface area contributed by atoms with Gasteiger partial charge in [-0.05, 0) is 12.1 Å². The van der Waals surface area contributed by atoms with E-state index in [1.807, 2.05) is 0 Å². The van der Waals surface area contributed by atoms with Gasteiger partial charge in [0.1, 0.15) is 5.75 Å². The fourth-order valence-electron chi connectivity index (χ4n) is 1.13. The number of carbonyl (C=O) groups is 1. The molecule has 0 bridgehead atoms. The van der Waals surface area contributed by atoms with Gasteiger partial charge < -0.3 is 10.5 Å². The van der Waals surface area contributed by atoms with Crippen molar-refractivity contribution in [3.63, 3.8) is 0 Å². The Balaban J connectivity index is 2.67. The first-order valence-corrected chi connectivity index (χ1v) is 4.76. The Hall–Kier alpha value is -1.96. The molecule has 1 aromatic carbocycles. The molecule has 0 atom stereocenters. The molecule has 0 saturated heterocycles. The smallest absolute Gasteiger partial charge is 0.414 e. The summed E-state index contributed by atoms with van der Waals surface area (Å²) in [4.78, 5) is 15.5. The standard InChI is InChI=1S/C10H11F3N2O3/c1-17-8-4-6(14)2-3-7(8)9(16)15-18-5-10(11,12)13/h2-4H,5,14H2,1H3,(H,15,16). The topological polar surface area (TPSA) is 73.6 Å². The number of halogens is 3. The molecule has 0 heterocycles. The van der Waals surface area contributed by atoms with Crippen LogP contribution in [0, 0.1) is 0 Å². The van der Waals surface area contributed by atoms with Crippen LogP contribution in [0.4, 0.5) is 18.9 Å². The molecule has 0 aliphatic heterocycles. The lowest BCUT2D eigenvalue weighted by Crippen LogP contribution is -2.29. The molecular weight excluding hydrogens is 253 g/mol. The van der Waals surface area contributed by atoms with Crippen LogP contribution in [0.2, 0.25) is 0 Å². The number of hydrogen-bond donors (Lipinski definition) is 2. The predicted octanol–water partition coefficient (Wildman–Crippen LogP) is 1.50. The highest BCUT2D eigenvalue weighted by atomic mass is 19.4.